The van der Waals surface area contributed by atoms with Gasteiger partial charge in [-0.05, 0) is 48.1 Å². The molecule has 1 aliphatic heterocycles. The minimum atomic E-state index is -3.97. The Labute approximate surface area is 188 Å². The third kappa shape index (κ3) is 5.84. The number of hydrogen-bond donors (Lipinski definition) is 3. The fourth-order valence-corrected chi connectivity index (χ4v) is 5.08. The van der Waals surface area contributed by atoms with E-state index in [0.29, 0.717) is 13.0 Å². The van der Waals surface area contributed by atoms with Gasteiger partial charge in [-0.15, -0.1) is 0 Å². The maximum atomic E-state index is 13.0. The van der Waals surface area contributed by atoms with E-state index in [1.807, 2.05) is 44.2 Å². The summed E-state index contributed by atoms with van der Waals surface area (Å²) in [4.78, 5) is 24.8. The number of amides is 2. The number of sulfonamides is 1. The molecule has 1 saturated heterocycles. The van der Waals surface area contributed by atoms with Crippen LogP contribution in [0.2, 0.25) is 0 Å². The third-order valence-corrected chi connectivity index (χ3v) is 6.98. The molecule has 2 aromatic rings. The Morgan fingerprint density at radius 3 is 2.56 bits per heavy atom. The highest BCUT2D eigenvalue weighted by Gasteiger charge is 2.31. The van der Waals surface area contributed by atoms with Crippen LogP contribution in [-0.2, 0) is 19.6 Å². The molecule has 0 aromatic heterocycles. The highest BCUT2D eigenvalue weighted by atomic mass is 32.2. The van der Waals surface area contributed by atoms with Crippen LogP contribution in [0.4, 0.5) is 0 Å². The van der Waals surface area contributed by atoms with E-state index < -0.39 is 28.0 Å². The first-order valence-electron chi connectivity index (χ1n) is 10.7. The second-order valence-electron chi connectivity index (χ2n) is 8.51. The molecular formula is C23H28N4O4S. The lowest BCUT2D eigenvalue weighted by Gasteiger charge is -2.22. The molecule has 3 N–H and O–H groups in total. The summed E-state index contributed by atoms with van der Waals surface area (Å²) in [6, 6.07) is 12.3. The Morgan fingerprint density at radius 2 is 1.94 bits per heavy atom. The molecule has 1 fully saturated rings. The largest absolute Gasteiger partial charge is 0.356 e. The van der Waals surface area contributed by atoms with Gasteiger partial charge in [-0.1, -0.05) is 44.2 Å². The van der Waals surface area contributed by atoms with Crippen LogP contribution in [-0.4, -0.2) is 38.9 Å². The first-order chi connectivity index (χ1) is 15.2. The summed E-state index contributed by atoms with van der Waals surface area (Å²) in [6.07, 6.45) is 1.07. The van der Waals surface area contributed by atoms with Gasteiger partial charge < -0.3 is 10.6 Å². The number of nitrogens with zero attached hydrogens (tertiary/aromatic N) is 1. The van der Waals surface area contributed by atoms with Crippen LogP contribution in [0.3, 0.4) is 0 Å². The van der Waals surface area contributed by atoms with Crippen molar-refractivity contribution >= 4 is 32.6 Å². The van der Waals surface area contributed by atoms with E-state index in [2.05, 4.69) is 15.4 Å². The average molecular weight is 457 g/mol. The monoisotopic (exact) mass is 456 g/mol. The second kappa shape index (κ2) is 10.1. The van der Waals surface area contributed by atoms with Crippen molar-refractivity contribution in [2.45, 2.75) is 50.1 Å². The summed E-state index contributed by atoms with van der Waals surface area (Å²) < 4.78 is 28.6. The fraction of sp³-hybridized carbons (Fsp3) is 0.435. The molecule has 2 aromatic carbocycles. The summed E-state index contributed by atoms with van der Waals surface area (Å²) in [7, 11) is -3.97. The van der Waals surface area contributed by atoms with Crippen molar-refractivity contribution in [2.24, 2.45) is 11.8 Å². The number of nitrogens with one attached hydrogen (secondary N) is 3. The lowest BCUT2D eigenvalue weighted by Crippen LogP contribution is -2.50. The van der Waals surface area contributed by atoms with Crippen molar-refractivity contribution in [3.05, 3.63) is 42.5 Å². The lowest BCUT2D eigenvalue weighted by molar-refractivity contribution is -0.125. The normalized spacial score (nSPS) is 18.2. The number of benzene rings is 2. The molecule has 2 amide bonds. The van der Waals surface area contributed by atoms with Gasteiger partial charge in [0.15, 0.2) is 0 Å². The maximum absolute atomic E-state index is 13.0. The topological polar surface area (TPSA) is 128 Å². The molecule has 0 radical (unpaired) electrons. The molecule has 170 valence electrons. The lowest BCUT2D eigenvalue weighted by atomic mass is 9.98. The summed E-state index contributed by atoms with van der Waals surface area (Å²) in [5, 5.41) is 16.5. The number of nitriles is 1. The number of carbonyl (C=O) groups excluding carboxylic acids is 2. The SMILES string of the molecule is CC(C)CC(NS(=O)(=O)c1ccc2ccccc2c1)C(=O)NC(C#N)C[C@@H]1CCNC1=O. The molecule has 0 spiro atoms. The van der Waals surface area contributed by atoms with E-state index in [1.54, 1.807) is 12.1 Å². The maximum Gasteiger partial charge on any atom is 0.241 e. The van der Waals surface area contributed by atoms with E-state index in [1.165, 1.54) is 6.07 Å². The van der Waals surface area contributed by atoms with Crippen molar-refractivity contribution in [3.63, 3.8) is 0 Å². The Bertz CT molecular complexity index is 1140. The van der Waals surface area contributed by atoms with Crippen LogP contribution in [0, 0.1) is 23.2 Å². The van der Waals surface area contributed by atoms with Gasteiger partial charge in [-0.2, -0.15) is 9.98 Å². The van der Waals surface area contributed by atoms with Crippen LogP contribution < -0.4 is 15.4 Å². The van der Waals surface area contributed by atoms with E-state index in [4.69, 9.17) is 0 Å². The van der Waals surface area contributed by atoms with Gasteiger partial charge in [0, 0.05) is 12.5 Å². The molecule has 1 aliphatic rings. The number of carbonyl (C=O) groups is 2. The van der Waals surface area contributed by atoms with E-state index in [-0.39, 0.29) is 35.5 Å². The molecule has 9 heteroatoms. The smallest absolute Gasteiger partial charge is 0.241 e. The standard InChI is InChI=1S/C23H28N4O4S/c1-15(2)11-21(23(29)26-19(14-24)12-18-9-10-25-22(18)28)27-32(30,31)20-8-7-16-5-3-4-6-17(16)13-20/h3-8,13,15,18-19,21,27H,9-12H2,1-2H3,(H,25,28)(H,26,29)/t18-,19?,21?/m0/s1. The molecule has 32 heavy (non-hydrogen) atoms. The minimum absolute atomic E-state index is 0.0335. The van der Waals surface area contributed by atoms with Crippen molar-refractivity contribution in [3.8, 4) is 6.07 Å². The van der Waals surface area contributed by atoms with Gasteiger partial charge in [0.2, 0.25) is 21.8 Å². The summed E-state index contributed by atoms with van der Waals surface area (Å²) in [6.45, 7) is 4.32. The van der Waals surface area contributed by atoms with Crippen molar-refractivity contribution in [2.75, 3.05) is 6.54 Å². The molecule has 1 heterocycles. The minimum Gasteiger partial charge on any atom is -0.356 e. The molecule has 2 unspecified atom stereocenters. The van der Waals surface area contributed by atoms with Crippen LogP contribution >= 0.6 is 0 Å². The molecule has 3 rings (SSSR count). The predicted octanol–water partition coefficient (Wildman–Crippen LogP) is 2.07. The highest BCUT2D eigenvalue weighted by Crippen LogP contribution is 2.20. The van der Waals surface area contributed by atoms with Crippen molar-refractivity contribution in [1.82, 2.24) is 15.4 Å². The Balaban J connectivity index is 1.76. The third-order valence-electron chi connectivity index (χ3n) is 5.51. The molecule has 3 atom stereocenters. The second-order valence-corrected chi connectivity index (χ2v) is 10.2. The van der Waals surface area contributed by atoms with Crippen LogP contribution in [0.15, 0.2) is 47.4 Å². The quantitative estimate of drug-likeness (QED) is 0.532. The Kier molecular flexibility index (Phi) is 7.48. The van der Waals surface area contributed by atoms with E-state index in [9.17, 15) is 23.3 Å². The van der Waals surface area contributed by atoms with Gasteiger partial charge in [0.25, 0.3) is 0 Å². The van der Waals surface area contributed by atoms with E-state index in [0.717, 1.165) is 10.8 Å². The van der Waals surface area contributed by atoms with Gasteiger partial charge in [0.05, 0.1) is 11.0 Å². The Morgan fingerprint density at radius 1 is 1.22 bits per heavy atom. The predicted molar refractivity (Wildman–Crippen MR) is 121 cm³/mol. The van der Waals surface area contributed by atoms with Crippen molar-refractivity contribution in [1.29, 1.82) is 5.26 Å². The summed E-state index contributed by atoms with van der Waals surface area (Å²) in [5.74, 6) is -1.01. The van der Waals surface area contributed by atoms with Crippen LogP contribution in [0.5, 0.6) is 0 Å². The van der Waals surface area contributed by atoms with Crippen molar-refractivity contribution < 1.29 is 18.0 Å². The first-order valence-corrected chi connectivity index (χ1v) is 12.2. The number of fused-ring (bicyclic) bond motifs is 1. The zero-order valence-electron chi connectivity index (χ0n) is 18.2. The zero-order chi connectivity index (χ0) is 23.3. The molecule has 8 nitrogen and oxygen atoms in total. The summed E-state index contributed by atoms with van der Waals surface area (Å²) in [5.41, 5.74) is 0. The molecular weight excluding hydrogens is 428 g/mol. The van der Waals surface area contributed by atoms with Crippen LogP contribution in [0.25, 0.3) is 10.8 Å². The Hall–Kier alpha value is -2.96. The van der Waals surface area contributed by atoms with Gasteiger partial charge in [-0.3, -0.25) is 9.59 Å². The molecule has 0 aliphatic carbocycles. The average Bonchev–Trinajstić information content (AvgIpc) is 3.16. The van der Waals surface area contributed by atoms with Gasteiger partial charge in [0.1, 0.15) is 12.1 Å². The molecule has 0 bridgehead atoms. The fourth-order valence-electron chi connectivity index (χ4n) is 3.84. The molecule has 0 saturated carbocycles. The summed E-state index contributed by atoms with van der Waals surface area (Å²) >= 11 is 0. The highest BCUT2D eigenvalue weighted by molar-refractivity contribution is 7.89. The van der Waals surface area contributed by atoms with Gasteiger partial charge in [-0.25, -0.2) is 8.42 Å². The van der Waals surface area contributed by atoms with E-state index >= 15 is 0 Å². The number of hydrogen-bond acceptors (Lipinski definition) is 5. The number of rotatable bonds is 9. The van der Waals surface area contributed by atoms with Crippen LogP contribution in [0.1, 0.15) is 33.1 Å². The van der Waals surface area contributed by atoms with Gasteiger partial charge >= 0.3 is 0 Å². The zero-order valence-corrected chi connectivity index (χ0v) is 19.0. The first kappa shape index (κ1) is 23.7.